The molecule has 24 heavy (non-hydrogen) atoms. The highest BCUT2D eigenvalue weighted by Crippen LogP contribution is 2.58. The van der Waals surface area contributed by atoms with Gasteiger partial charge >= 0.3 is 0 Å². The molecular formula is C22H28O2. The highest BCUT2D eigenvalue weighted by molar-refractivity contribution is 5.49. The monoisotopic (exact) mass is 324 g/mol. The van der Waals surface area contributed by atoms with Crippen molar-refractivity contribution in [3.63, 3.8) is 0 Å². The summed E-state index contributed by atoms with van der Waals surface area (Å²) in [5, 5.41) is 19.8. The summed E-state index contributed by atoms with van der Waals surface area (Å²) in [5.74, 6) is 1.37. The third-order valence-electron chi connectivity index (χ3n) is 5.91. The van der Waals surface area contributed by atoms with E-state index in [2.05, 4.69) is 45.0 Å². The molecule has 0 aromatic heterocycles. The molecule has 1 aliphatic carbocycles. The Labute approximate surface area is 145 Å². The van der Waals surface area contributed by atoms with Gasteiger partial charge in [-0.3, -0.25) is 0 Å². The number of aryl methyl sites for hydroxylation is 2. The second-order valence-corrected chi connectivity index (χ2v) is 8.56. The number of phenolic OH excluding ortho intramolecular Hbond substituents is 2. The summed E-state index contributed by atoms with van der Waals surface area (Å²) in [5.41, 5.74) is 4.64. The Morgan fingerprint density at radius 1 is 0.833 bits per heavy atom. The van der Waals surface area contributed by atoms with E-state index in [-0.39, 0.29) is 5.41 Å². The molecule has 0 heterocycles. The molecular weight excluding hydrogens is 296 g/mol. The van der Waals surface area contributed by atoms with Gasteiger partial charge in [0.05, 0.1) is 0 Å². The number of rotatable bonds is 2. The zero-order valence-electron chi connectivity index (χ0n) is 15.4. The van der Waals surface area contributed by atoms with Crippen molar-refractivity contribution in [1.29, 1.82) is 0 Å². The molecule has 0 amide bonds. The summed E-state index contributed by atoms with van der Waals surface area (Å²) < 4.78 is 0. The van der Waals surface area contributed by atoms with Crippen LogP contribution < -0.4 is 0 Å². The van der Waals surface area contributed by atoms with Gasteiger partial charge in [0.1, 0.15) is 11.5 Å². The molecule has 3 rings (SSSR count). The maximum atomic E-state index is 9.90. The van der Waals surface area contributed by atoms with Gasteiger partial charge in [-0.25, -0.2) is 0 Å². The maximum Gasteiger partial charge on any atom is 0.118 e. The smallest absolute Gasteiger partial charge is 0.118 e. The predicted octanol–water partition coefficient (Wildman–Crippen LogP) is 5.46. The normalized spacial score (nSPS) is 17.5. The van der Waals surface area contributed by atoms with Crippen molar-refractivity contribution in [2.24, 2.45) is 11.3 Å². The van der Waals surface area contributed by atoms with Crippen LogP contribution in [0.2, 0.25) is 0 Å². The van der Waals surface area contributed by atoms with E-state index in [9.17, 15) is 10.2 Å². The van der Waals surface area contributed by atoms with E-state index in [1.54, 1.807) is 0 Å². The maximum absolute atomic E-state index is 9.90. The van der Waals surface area contributed by atoms with Crippen molar-refractivity contribution in [1.82, 2.24) is 0 Å². The van der Waals surface area contributed by atoms with Gasteiger partial charge in [-0.15, -0.1) is 0 Å². The van der Waals surface area contributed by atoms with Gasteiger partial charge in [0.15, 0.2) is 0 Å². The minimum Gasteiger partial charge on any atom is -0.508 e. The van der Waals surface area contributed by atoms with E-state index in [1.165, 1.54) is 11.1 Å². The second-order valence-electron chi connectivity index (χ2n) is 8.56. The molecule has 2 N–H and O–H groups in total. The molecule has 0 aliphatic heterocycles. The van der Waals surface area contributed by atoms with Gasteiger partial charge in [-0.05, 0) is 72.4 Å². The van der Waals surface area contributed by atoms with Crippen LogP contribution in [0.1, 0.15) is 55.9 Å². The standard InChI is InChI=1S/C22H28O2/c1-14-10-16(6-8-19(14)23)22(12-18(13-22)21(3,4)5)17-7-9-20(24)15(2)11-17/h6-11,18,23-24H,12-13H2,1-5H3. The lowest BCUT2D eigenvalue weighted by Crippen LogP contribution is -2.47. The zero-order chi connectivity index (χ0) is 17.7. The Kier molecular flexibility index (Phi) is 3.90. The lowest BCUT2D eigenvalue weighted by Gasteiger charge is -2.54. The molecule has 128 valence electrons. The number of hydrogen-bond donors (Lipinski definition) is 2. The minimum atomic E-state index is -0.0190. The summed E-state index contributed by atoms with van der Waals surface area (Å²) in [4.78, 5) is 0. The van der Waals surface area contributed by atoms with Crippen LogP contribution in [0.25, 0.3) is 0 Å². The first-order chi connectivity index (χ1) is 11.1. The number of benzene rings is 2. The van der Waals surface area contributed by atoms with Crippen LogP contribution in [0.4, 0.5) is 0 Å². The first kappa shape index (κ1) is 16.9. The Balaban J connectivity index is 2.08. The average Bonchev–Trinajstić information content (AvgIpc) is 2.44. The quantitative estimate of drug-likeness (QED) is 0.770. The van der Waals surface area contributed by atoms with Crippen LogP contribution in [0, 0.1) is 25.2 Å². The molecule has 1 aliphatic rings. The Hall–Kier alpha value is -1.96. The van der Waals surface area contributed by atoms with Crippen molar-refractivity contribution in [2.75, 3.05) is 0 Å². The van der Waals surface area contributed by atoms with Gasteiger partial charge in [-0.1, -0.05) is 45.0 Å². The van der Waals surface area contributed by atoms with E-state index in [0.29, 0.717) is 22.8 Å². The average molecular weight is 324 g/mol. The van der Waals surface area contributed by atoms with Crippen LogP contribution in [0.3, 0.4) is 0 Å². The van der Waals surface area contributed by atoms with Gasteiger partial charge in [0.2, 0.25) is 0 Å². The lowest BCUT2D eigenvalue weighted by molar-refractivity contribution is 0.0694. The van der Waals surface area contributed by atoms with Crippen LogP contribution in [-0.4, -0.2) is 10.2 Å². The number of hydrogen-bond acceptors (Lipinski definition) is 2. The lowest BCUT2D eigenvalue weighted by atomic mass is 9.50. The fourth-order valence-corrected chi connectivity index (χ4v) is 3.94. The number of phenols is 2. The van der Waals surface area contributed by atoms with Gasteiger partial charge in [-0.2, -0.15) is 0 Å². The zero-order valence-corrected chi connectivity index (χ0v) is 15.4. The third kappa shape index (κ3) is 2.68. The summed E-state index contributed by atoms with van der Waals surface area (Å²) in [6.45, 7) is 10.8. The van der Waals surface area contributed by atoms with Gasteiger partial charge in [0.25, 0.3) is 0 Å². The first-order valence-corrected chi connectivity index (χ1v) is 8.74. The van der Waals surface area contributed by atoms with Crippen molar-refractivity contribution in [3.8, 4) is 11.5 Å². The van der Waals surface area contributed by atoms with E-state index in [0.717, 1.165) is 24.0 Å². The molecule has 0 saturated heterocycles. The van der Waals surface area contributed by atoms with E-state index < -0.39 is 0 Å². The summed E-state index contributed by atoms with van der Waals surface area (Å²) in [6.07, 6.45) is 2.20. The van der Waals surface area contributed by atoms with Crippen LogP contribution >= 0.6 is 0 Å². The van der Waals surface area contributed by atoms with Gasteiger partial charge in [0, 0.05) is 5.41 Å². The summed E-state index contributed by atoms with van der Waals surface area (Å²) in [7, 11) is 0. The SMILES string of the molecule is Cc1cc(C2(c3ccc(O)c(C)c3)CC(C(C)(C)C)C2)ccc1O. The molecule has 2 aromatic rings. The Morgan fingerprint density at radius 2 is 1.25 bits per heavy atom. The van der Waals surface area contributed by atoms with E-state index in [4.69, 9.17) is 0 Å². The molecule has 0 unspecified atom stereocenters. The summed E-state index contributed by atoms with van der Waals surface area (Å²) in [6, 6.07) is 12.0. The largest absolute Gasteiger partial charge is 0.508 e. The topological polar surface area (TPSA) is 40.5 Å². The molecule has 2 heteroatoms. The molecule has 1 fully saturated rings. The summed E-state index contributed by atoms with van der Waals surface area (Å²) >= 11 is 0. The third-order valence-corrected chi connectivity index (χ3v) is 5.91. The van der Waals surface area contributed by atoms with Gasteiger partial charge < -0.3 is 10.2 Å². The fourth-order valence-electron chi connectivity index (χ4n) is 3.94. The van der Waals surface area contributed by atoms with Crippen LogP contribution in [0.15, 0.2) is 36.4 Å². The fraction of sp³-hybridized carbons (Fsp3) is 0.455. The molecule has 0 radical (unpaired) electrons. The molecule has 2 nitrogen and oxygen atoms in total. The molecule has 0 atom stereocenters. The highest BCUT2D eigenvalue weighted by atomic mass is 16.3. The van der Waals surface area contributed by atoms with Crippen molar-refractivity contribution >= 4 is 0 Å². The van der Waals surface area contributed by atoms with Crippen molar-refractivity contribution < 1.29 is 10.2 Å². The van der Waals surface area contributed by atoms with E-state index in [1.807, 2.05) is 26.0 Å². The molecule has 2 aromatic carbocycles. The predicted molar refractivity (Wildman–Crippen MR) is 98.6 cm³/mol. The molecule has 0 spiro atoms. The first-order valence-electron chi connectivity index (χ1n) is 8.74. The molecule has 1 saturated carbocycles. The van der Waals surface area contributed by atoms with Crippen molar-refractivity contribution in [2.45, 2.75) is 52.9 Å². The minimum absolute atomic E-state index is 0.0190. The Morgan fingerprint density at radius 3 is 1.58 bits per heavy atom. The van der Waals surface area contributed by atoms with Crippen molar-refractivity contribution in [3.05, 3.63) is 58.7 Å². The van der Waals surface area contributed by atoms with E-state index >= 15 is 0 Å². The second kappa shape index (κ2) is 5.54. The molecule has 0 bridgehead atoms. The Bertz CT molecular complexity index is 709. The highest BCUT2D eigenvalue weighted by Gasteiger charge is 2.50. The number of aromatic hydroxyl groups is 2. The van der Waals surface area contributed by atoms with Crippen LogP contribution in [-0.2, 0) is 5.41 Å². The van der Waals surface area contributed by atoms with Crippen LogP contribution in [0.5, 0.6) is 11.5 Å².